The summed E-state index contributed by atoms with van der Waals surface area (Å²) in [6.07, 6.45) is 7.85. The van der Waals surface area contributed by atoms with E-state index < -0.39 is 14.4 Å². The lowest BCUT2D eigenvalue weighted by molar-refractivity contribution is 0.215. The van der Waals surface area contributed by atoms with Crippen molar-refractivity contribution in [2.45, 2.75) is 98.4 Å². The molecule has 0 bridgehead atoms. The normalized spacial score (nSPS) is 16.2. The van der Waals surface area contributed by atoms with Crippen molar-refractivity contribution in [2.24, 2.45) is 5.92 Å². The number of hydrogen-bond acceptors (Lipinski definition) is 4. The molecule has 0 aliphatic rings. The second-order valence-corrected chi connectivity index (χ2v) is 15.9. The minimum absolute atomic E-state index is 0.276. The molecule has 5 heteroatoms. The van der Waals surface area contributed by atoms with Crippen molar-refractivity contribution in [2.75, 3.05) is 6.61 Å². The molecule has 2 unspecified atom stereocenters. The lowest BCUT2D eigenvalue weighted by Gasteiger charge is -2.37. The van der Waals surface area contributed by atoms with Crippen molar-refractivity contribution in [3.8, 4) is 0 Å². The van der Waals surface area contributed by atoms with Gasteiger partial charge >= 0.3 is 0 Å². The van der Waals surface area contributed by atoms with E-state index in [0.717, 1.165) is 29.3 Å². The monoisotopic (exact) mass is 437 g/mol. The van der Waals surface area contributed by atoms with E-state index in [4.69, 9.17) is 4.43 Å². The van der Waals surface area contributed by atoms with Crippen LogP contribution in [-0.2, 0) is 4.43 Å². The highest BCUT2D eigenvalue weighted by Gasteiger charge is 2.37. The summed E-state index contributed by atoms with van der Waals surface area (Å²) in [4.78, 5) is 4.44. The third kappa shape index (κ3) is 9.73. The molecule has 1 aromatic rings. The SMILES string of the molecule is C/C(=C/CC(O)/C(C)=C/c1csc(C)n1)CCCC(C)CO[Si](C)(C)C(C)(C)C. The Morgan fingerprint density at radius 1 is 1.31 bits per heavy atom. The number of rotatable bonds is 11. The molecule has 3 nitrogen and oxygen atoms in total. The van der Waals surface area contributed by atoms with E-state index in [2.05, 4.69) is 58.8 Å². The molecule has 0 amide bonds. The molecule has 0 saturated carbocycles. The van der Waals surface area contributed by atoms with Gasteiger partial charge in [-0.1, -0.05) is 39.3 Å². The first-order valence-electron chi connectivity index (χ1n) is 10.9. The first-order valence-corrected chi connectivity index (χ1v) is 14.7. The predicted molar refractivity (Wildman–Crippen MR) is 131 cm³/mol. The van der Waals surface area contributed by atoms with E-state index in [1.807, 2.05) is 25.3 Å². The van der Waals surface area contributed by atoms with Gasteiger partial charge in [-0.15, -0.1) is 11.3 Å². The molecular weight excluding hydrogens is 394 g/mol. The number of allylic oxidation sites excluding steroid dienone is 1. The Bertz CT molecular complexity index is 685. The van der Waals surface area contributed by atoms with Gasteiger partial charge in [0, 0.05) is 12.0 Å². The molecule has 1 N–H and O–H groups in total. The molecule has 0 fully saturated rings. The minimum atomic E-state index is -1.64. The quantitative estimate of drug-likeness (QED) is 0.290. The smallest absolute Gasteiger partial charge is 0.191 e. The highest BCUT2D eigenvalue weighted by molar-refractivity contribution is 7.09. The molecule has 0 spiro atoms. The van der Waals surface area contributed by atoms with Crippen LogP contribution in [0.5, 0.6) is 0 Å². The topological polar surface area (TPSA) is 42.4 Å². The van der Waals surface area contributed by atoms with Crippen LogP contribution in [0.1, 0.15) is 77.9 Å². The summed E-state index contributed by atoms with van der Waals surface area (Å²) in [5.41, 5.74) is 3.27. The Kier molecular flexibility index (Phi) is 10.5. The van der Waals surface area contributed by atoms with Gasteiger partial charge in [-0.2, -0.15) is 0 Å². The number of aromatic nitrogens is 1. The van der Waals surface area contributed by atoms with Gasteiger partial charge in [-0.05, 0) is 82.2 Å². The van der Waals surface area contributed by atoms with Gasteiger partial charge in [0.25, 0.3) is 0 Å². The van der Waals surface area contributed by atoms with Gasteiger partial charge in [-0.3, -0.25) is 0 Å². The number of hydrogen-bond donors (Lipinski definition) is 1. The molecule has 0 aromatic carbocycles. The van der Waals surface area contributed by atoms with Crippen molar-refractivity contribution in [1.29, 1.82) is 0 Å². The van der Waals surface area contributed by atoms with Crippen molar-refractivity contribution < 1.29 is 9.53 Å². The summed E-state index contributed by atoms with van der Waals surface area (Å²) in [6.45, 7) is 20.8. The molecule has 2 atom stereocenters. The van der Waals surface area contributed by atoms with Gasteiger partial charge in [0.1, 0.15) is 0 Å². The van der Waals surface area contributed by atoms with Crippen LogP contribution >= 0.6 is 11.3 Å². The highest BCUT2D eigenvalue weighted by Crippen LogP contribution is 2.37. The average Bonchev–Trinajstić information content (AvgIpc) is 3.01. The second kappa shape index (κ2) is 11.6. The van der Waals surface area contributed by atoms with Crippen LogP contribution < -0.4 is 0 Å². The molecule has 1 heterocycles. The van der Waals surface area contributed by atoms with Crippen LogP contribution in [0.3, 0.4) is 0 Å². The summed E-state index contributed by atoms with van der Waals surface area (Å²) in [7, 11) is -1.64. The number of aryl methyl sites for hydroxylation is 1. The van der Waals surface area contributed by atoms with E-state index in [1.54, 1.807) is 11.3 Å². The van der Waals surface area contributed by atoms with Gasteiger partial charge in [0.15, 0.2) is 8.32 Å². The maximum atomic E-state index is 10.4. The lowest BCUT2D eigenvalue weighted by atomic mass is 10.0. The fraction of sp³-hybridized carbons (Fsp3) is 0.708. The van der Waals surface area contributed by atoms with E-state index in [9.17, 15) is 5.11 Å². The summed E-state index contributed by atoms with van der Waals surface area (Å²) in [5.74, 6) is 0.592. The third-order valence-corrected chi connectivity index (χ3v) is 11.3. The fourth-order valence-electron chi connectivity index (χ4n) is 2.76. The number of aliphatic hydroxyl groups excluding tert-OH is 1. The van der Waals surface area contributed by atoms with Crippen LogP contribution in [-0.4, -0.2) is 31.1 Å². The molecule has 29 heavy (non-hydrogen) atoms. The Hall–Kier alpha value is -0.753. The van der Waals surface area contributed by atoms with Crippen LogP contribution in [0.2, 0.25) is 18.1 Å². The summed E-state index contributed by atoms with van der Waals surface area (Å²) < 4.78 is 6.35. The Morgan fingerprint density at radius 2 is 1.97 bits per heavy atom. The summed E-state index contributed by atoms with van der Waals surface area (Å²) in [5, 5.41) is 13.8. The van der Waals surface area contributed by atoms with Crippen molar-refractivity contribution >= 4 is 25.7 Å². The number of thiazole rings is 1. The van der Waals surface area contributed by atoms with E-state index in [0.29, 0.717) is 12.3 Å². The fourth-order valence-corrected chi connectivity index (χ4v) is 4.46. The number of nitrogens with zero attached hydrogens (tertiary/aromatic N) is 1. The minimum Gasteiger partial charge on any atom is -0.417 e. The van der Waals surface area contributed by atoms with E-state index in [1.165, 1.54) is 18.4 Å². The zero-order chi connectivity index (χ0) is 22.2. The second-order valence-electron chi connectivity index (χ2n) is 10.1. The molecule has 0 aliphatic heterocycles. The largest absolute Gasteiger partial charge is 0.417 e. The molecule has 0 radical (unpaired) electrons. The molecule has 166 valence electrons. The Balaban J connectivity index is 2.35. The van der Waals surface area contributed by atoms with Crippen LogP contribution in [0.4, 0.5) is 0 Å². The van der Waals surface area contributed by atoms with Crippen LogP contribution in [0.15, 0.2) is 22.6 Å². The summed E-state index contributed by atoms with van der Waals surface area (Å²) >= 11 is 1.64. The zero-order valence-corrected chi connectivity index (χ0v) is 21.9. The van der Waals surface area contributed by atoms with Crippen molar-refractivity contribution in [1.82, 2.24) is 4.98 Å². The van der Waals surface area contributed by atoms with E-state index in [-0.39, 0.29) is 5.04 Å². The average molecular weight is 438 g/mol. The van der Waals surface area contributed by atoms with Gasteiger partial charge < -0.3 is 9.53 Å². The standard InChI is InChI=1S/C24H43NO2SSi/c1-18(11-10-12-19(2)16-27-29(8,9)24(5,6)7)13-14-23(26)20(3)15-22-17-28-21(4)25-22/h13,15,17,19,23,26H,10-12,14,16H2,1-9H3/b18-13-,20-15+. The van der Waals surface area contributed by atoms with Gasteiger partial charge in [0.2, 0.25) is 0 Å². The Labute approximate surface area is 184 Å². The van der Waals surface area contributed by atoms with Crippen LogP contribution in [0.25, 0.3) is 6.08 Å². The zero-order valence-electron chi connectivity index (χ0n) is 20.1. The molecule has 1 aromatic heterocycles. The molecule has 0 saturated heterocycles. The molecule has 0 aliphatic carbocycles. The highest BCUT2D eigenvalue weighted by atomic mass is 32.1. The predicted octanol–water partition coefficient (Wildman–Crippen LogP) is 7.38. The summed E-state index contributed by atoms with van der Waals surface area (Å²) in [6, 6.07) is 0. The van der Waals surface area contributed by atoms with E-state index >= 15 is 0 Å². The number of aliphatic hydroxyl groups is 1. The lowest BCUT2D eigenvalue weighted by Crippen LogP contribution is -2.41. The van der Waals surface area contributed by atoms with Gasteiger partial charge in [0.05, 0.1) is 16.8 Å². The Morgan fingerprint density at radius 3 is 2.52 bits per heavy atom. The van der Waals surface area contributed by atoms with Gasteiger partial charge in [-0.25, -0.2) is 4.98 Å². The van der Waals surface area contributed by atoms with Crippen molar-refractivity contribution in [3.05, 3.63) is 33.3 Å². The first-order chi connectivity index (χ1) is 13.3. The maximum absolute atomic E-state index is 10.4. The molecular formula is C24H43NO2SSi. The first kappa shape index (κ1) is 26.3. The maximum Gasteiger partial charge on any atom is 0.191 e. The van der Waals surface area contributed by atoms with Crippen LogP contribution in [0, 0.1) is 12.8 Å². The molecule has 1 rings (SSSR count). The van der Waals surface area contributed by atoms with Crippen molar-refractivity contribution in [3.63, 3.8) is 0 Å². The third-order valence-electron chi connectivity index (χ3n) is 6.03.